The lowest BCUT2D eigenvalue weighted by atomic mass is 10.2. The second-order valence-corrected chi connectivity index (χ2v) is 6.16. The van der Waals surface area contributed by atoms with Crippen molar-refractivity contribution in [1.82, 2.24) is 15.1 Å². The zero-order valence-electron chi connectivity index (χ0n) is 13.4. The van der Waals surface area contributed by atoms with E-state index in [4.69, 9.17) is 0 Å². The molecule has 120 valence electrons. The van der Waals surface area contributed by atoms with Gasteiger partial charge in [-0.15, -0.1) is 0 Å². The minimum absolute atomic E-state index is 0.347. The lowest BCUT2D eigenvalue weighted by Gasteiger charge is -2.34. The Balaban J connectivity index is 1.76. The fourth-order valence-corrected chi connectivity index (χ4v) is 2.47. The SMILES string of the molecule is CC(C)CNC(=O)C(=O)N1CCN(Cc2ccccc2)CC1. The van der Waals surface area contributed by atoms with Crippen molar-refractivity contribution in [2.45, 2.75) is 20.4 Å². The van der Waals surface area contributed by atoms with Crippen LogP contribution < -0.4 is 5.32 Å². The highest BCUT2D eigenvalue weighted by atomic mass is 16.2. The average molecular weight is 303 g/mol. The van der Waals surface area contributed by atoms with Crippen LogP contribution >= 0.6 is 0 Å². The van der Waals surface area contributed by atoms with Gasteiger partial charge in [-0.25, -0.2) is 0 Å². The molecule has 0 spiro atoms. The number of piperazine rings is 1. The fourth-order valence-electron chi connectivity index (χ4n) is 2.47. The number of benzene rings is 1. The summed E-state index contributed by atoms with van der Waals surface area (Å²) in [5, 5.41) is 2.69. The summed E-state index contributed by atoms with van der Waals surface area (Å²) in [5.74, 6) is -0.537. The van der Waals surface area contributed by atoms with Gasteiger partial charge < -0.3 is 10.2 Å². The van der Waals surface area contributed by atoms with E-state index < -0.39 is 11.8 Å². The van der Waals surface area contributed by atoms with E-state index in [1.807, 2.05) is 32.0 Å². The van der Waals surface area contributed by atoms with E-state index in [-0.39, 0.29) is 0 Å². The van der Waals surface area contributed by atoms with Crippen LogP contribution in [0.2, 0.25) is 0 Å². The molecule has 0 atom stereocenters. The van der Waals surface area contributed by atoms with Crippen LogP contribution in [0.25, 0.3) is 0 Å². The second-order valence-electron chi connectivity index (χ2n) is 6.16. The van der Waals surface area contributed by atoms with Crippen molar-refractivity contribution in [3.63, 3.8) is 0 Å². The van der Waals surface area contributed by atoms with E-state index in [9.17, 15) is 9.59 Å². The predicted molar refractivity (Wildman–Crippen MR) is 86.1 cm³/mol. The van der Waals surface area contributed by atoms with Gasteiger partial charge in [0.05, 0.1) is 0 Å². The fraction of sp³-hybridized carbons (Fsp3) is 0.529. The summed E-state index contributed by atoms with van der Waals surface area (Å²) in [4.78, 5) is 27.8. The molecule has 1 N–H and O–H groups in total. The molecule has 22 heavy (non-hydrogen) atoms. The first-order chi connectivity index (χ1) is 10.6. The standard InChI is InChI=1S/C17H25N3O2/c1-14(2)12-18-16(21)17(22)20-10-8-19(9-11-20)13-15-6-4-3-5-7-15/h3-7,14H,8-13H2,1-2H3,(H,18,21). The molecule has 1 fully saturated rings. The summed E-state index contributed by atoms with van der Waals surface area (Å²) >= 11 is 0. The molecule has 1 aliphatic rings. The van der Waals surface area contributed by atoms with Crippen molar-refractivity contribution in [2.75, 3.05) is 32.7 Å². The van der Waals surface area contributed by atoms with Crippen LogP contribution in [0.3, 0.4) is 0 Å². The smallest absolute Gasteiger partial charge is 0.311 e. The van der Waals surface area contributed by atoms with Gasteiger partial charge in [0.15, 0.2) is 0 Å². The van der Waals surface area contributed by atoms with Crippen LogP contribution in [0.4, 0.5) is 0 Å². The first-order valence-electron chi connectivity index (χ1n) is 7.89. The molecule has 5 nitrogen and oxygen atoms in total. The van der Waals surface area contributed by atoms with Gasteiger partial charge >= 0.3 is 11.8 Å². The van der Waals surface area contributed by atoms with E-state index in [2.05, 4.69) is 22.3 Å². The van der Waals surface area contributed by atoms with Crippen molar-refractivity contribution >= 4 is 11.8 Å². The molecular weight excluding hydrogens is 278 g/mol. The topological polar surface area (TPSA) is 52.7 Å². The van der Waals surface area contributed by atoms with Gasteiger partial charge in [0.1, 0.15) is 0 Å². The first-order valence-corrected chi connectivity index (χ1v) is 7.89. The molecule has 0 aromatic heterocycles. The molecule has 1 aromatic rings. The number of hydrogen-bond donors (Lipinski definition) is 1. The molecule has 2 amide bonds. The number of rotatable bonds is 4. The van der Waals surface area contributed by atoms with Gasteiger partial charge in [0.25, 0.3) is 0 Å². The van der Waals surface area contributed by atoms with Crippen molar-refractivity contribution in [3.05, 3.63) is 35.9 Å². The average Bonchev–Trinajstić information content (AvgIpc) is 2.53. The summed E-state index contributed by atoms with van der Waals surface area (Å²) in [6, 6.07) is 10.3. The lowest BCUT2D eigenvalue weighted by molar-refractivity contribution is -0.147. The molecule has 0 bridgehead atoms. The van der Waals surface area contributed by atoms with Crippen LogP contribution in [-0.2, 0) is 16.1 Å². The van der Waals surface area contributed by atoms with Crippen LogP contribution in [-0.4, -0.2) is 54.3 Å². The quantitative estimate of drug-likeness (QED) is 0.848. The van der Waals surface area contributed by atoms with Crippen molar-refractivity contribution < 1.29 is 9.59 Å². The Labute approximate surface area is 132 Å². The molecule has 0 aliphatic carbocycles. The number of carbonyl (C=O) groups excluding carboxylic acids is 2. The molecule has 2 rings (SSSR count). The molecule has 0 saturated carbocycles. The van der Waals surface area contributed by atoms with Crippen molar-refractivity contribution in [1.29, 1.82) is 0 Å². The number of amides is 2. The number of nitrogens with one attached hydrogen (secondary N) is 1. The molecule has 5 heteroatoms. The maximum atomic E-state index is 12.1. The van der Waals surface area contributed by atoms with Crippen LogP contribution in [0.15, 0.2) is 30.3 Å². The molecule has 0 radical (unpaired) electrons. The summed E-state index contributed by atoms with van der Waals surface area (Å²) in [7, 11) is 0. The molecule has 1 aromatic carbocycles. The minimum Gasteiger partial charge on any atom is -0.348 e. The zero-order valence-corrected chi connectivity index (χ0v) is 13.4. The first kappa shape index (κ1) is 16.5. The zero-order chi connectivity index (χ0) is 15.9. The highest BCUT2D eigenvalue weighted by Crippen LogP contribution is 2.08. The highest BCUT2D eigenvalue weighted by Gasteiger charge is 2.25. The van der Waals surface area contributed by atoms with E-state index in [0.29, 0.717) is 25.6 Å². The maximum absolute atomic E-state index is 12.1. The largest absolute Gasteiger partial charge is 0.348 e. The van der Waals surface area contributed by atoms with Crippen molar-refractivity contribution in [3.8, 4) is 0 Å². The van der Waals surface area contributed by atoms with E-state index >= 15 is 0 Å². The van der Waals surface area contributed by atoms with Gasteiger partial charge in [0.2, 0.25) is 0 Å². The van der Waals surface area contributed by atoms with Crippen molar-refractivity contribution in [2.24, 2.45) is 5.92 Å². The minimum atomic E-state index is -0.481. The lowest BCUT2D eigenvalue weighted by Crippen LogP contribution is -2.52. The van der Waals surface area contributed by atoms with Gasteiger partial charge in [-0.1, -0.05) is 44.2 Å². The Bertz CT molecular complexity index is 494. The third-order valence-electron chi connectivity index (χ3n) is 3.77. The molecular formula is C17H25N3O2. The highest BCUT2D eigenvalue weighted by molar-refractivity contribution is 6.35. The van der Waals surface area contributed by atoms with Gasteiger partial charge in [0, 0.05) is 39.3 Å². The monoisotopic (exact) mass is 303 g/mol. The van der Waals surface area contributed by atoms with Gasteiger partial charge in [-0.2, -0.15) is 0 Å². The van der Waals surface area contributed by atoms with Gasteiger partial charge in [-0.3, -0.25) is 14.5 Å². The van der Waals surface area contributed by atoms with Crippen LogP contribution in [0.5, 0.6) is 0 Å². The second kappa shape index (κ2) is 7.94. The van der Waals surface area contributed by atoms with E-state index in [1.165, 1.54) is 5.56 Å². The Morgan fingerprint density at radius 1 is 1.09 bits per heavy atom. The molecule has 1 saturated heterocycles. The van der Waals surface area contributed by atoms with E-state index in [1.54, 1.807) is 4.90 Å². The normalized spacial score (nSPS) is 15.9. The summed E-state index contributed by atoms with van der Waals surface area (Å²) in [5.41, 5.74) is 1.27. The summed E-state index contributed by atoms with van der Waals surface area (Å²) in [6.45, 7) is 8.28. The van der Waals surface area contributed by atoms with Crippen LogP contribution in [0, 0.1) is 5.92 Å². The van der Waals surface area contributed by atoms with Gasteiger partial charge in [-0.05, 0) is 11.5 Å². The molecule has 1 aliphatic heterocycles. The number of carbonyl (C=O) groups is 2. The third-order valence-corrected chi connectivity index (χ3v) is 3.77. The van der Waals surface area contributed by atoms with E-state index in [0.717, 1.165) is 19.6 Å². The Hall–Kier alpha value is -1.88. The number of nitrogens with zero attached hydrogens (tertiary/aromatic N) is 2. The summed E-state index contributed by atoms with van der Waals surface area (Å²) in [6.07, 6.45) is 0. The maximum Gasteiger partial charge on any atom is 0.311 e. The predicted octanol–water partition coefficient (Wildman–Crippen LogP) is 1.10. The Kier molecular flexibility index (Phi) is 5.95. The summed E-state index contributed by atoms with van der Waals surface area (Å²) < 4.78 is 0. The Morgan fingerprint density at radius 3 is 2.32 bits per heavy atom. The Morgan fingerprint density at radius 2 is 1.73 bits per heavy atom. The third kappa shape index (κ3) is 4.84. The van der Waals surface area contributed by atoms with Crippen LogP contribution in [0.1, 0.15) is 19.4 Å². The number of hydrogen-bond acceptors (Lipinski definition) is 3. The molecule has 1 heterocycles. The molecule has 0 unspecified atom stereocenters.